The van der Waals surface area contributed by atoms with Gasteiger partial charge in [0.25, 0.3) is 0 Å². The maximum Gasteiger partial charge on any atom is 0.352 e. The fourth-order valence-corrected chi connectivity index (χ4v) is 3.13. The van der Waals surface area contributed by atoms with Gasteiger partial charge < -0.3 is 10.8 Å². The Kier molecular flexibility index (Phi) is 4.24. The summed E-state index contributed by atoms with van der Waals surface area (Å²) >= 11 is 1.50. The molecule has 7 heteroatoms. The molecular formula is C10H13ClN2O3S. The Morgan fingerprint density at radius 3 is 2.82 bits per heavy atom. The van der Waals surface area contributed by atoms with Crippen molar-refractivity contribution < 1.29 is 14.7 Å². The first-order valence-corrected chi connectivity index (χ1v) is 5.92. The van der Waals surface area contributed by atoms with Crippen LogP contribution in [-0.4, -0.2) is 39.1 Å². The van der Waals surface area contributed by atoms with Crippen LogP contribution in [0, 0.1) is 0 Å². The Morgan fingerprint density at radius 2 is 2.29 bits per heavy atom. The number of carboxylic acids is 1. The maximum absolute atomic E-state index is 11.5. The molecule has 0 bridgehead atoms. The highest BCUT2D eigenvalue weighted by Crippen LogP contribution is 2.39. The van der Waals surface area contributed by atoms with Crippen LogP contribution in [0.15, 0.2) is 23.4 Å². The summed E-state index contributed by atoms with van der Waals surface area (Å²) in [5.74, 6) is -0.802. The summed E-state index contributed by atoms with van der Waals surface area (Å²) in [6, 6.07) is -0.563. The van der Waals surface area contributed by atoms with Crippen LogP contribution < -0.4 is 5.73 Å². The molecule has 2 heterocycles. The van der Waals surface area contributed by atoms with Crippen molar-refractivity contribution in [3.63, 3.8) is 0 Å². The van der Waals surface area contributed by atoms with Gasteiger partial charge in [-0.3, -0.25) is 9.69 Å². The Hall–Kier alpha value is -0.980. The highest BCUT2D eigenvalue weighted by atomic mass is 35.5. The summed E-state index contributed by atoms with van der Waals surface area (Å²) in [4.78, 5) is 24.0. The summed E-state index contributed by atoms with van der Waals surface area (Å²) in [7, 11) is 0. The second-order valence-corrected chi connectivity index (χ2v) is 4.72. The van der Waals surface area contributed by atoms with E-state index in [-0.39, 0.29) is 29.4 Å². The molecule has 0 aliphatic carbocycles. The maximum atomic E-state index is 11.5. The number of fused-ring (bicyclic) bond motifs is 1. The van der Waals surface area contributed by atoms with Crippen LogP contribution in [0.2, 0.25) is 0 Å². The van der Waals surface area contributed by atoms with E-state index in [0.29, 0.717) is 11.3 Å². The summed E-state index contributed by atoms with van der Waals surface area (Å²) in [5, 5.41) is 8.91. The highest BCUT2D eigenvalue weighted by molar-refractivity contribution is 8.00. The summed E-state index contributed by atoms with van der Waals surface area (Å²) in [6.07, 6.45) is 3.49. The third kappa shape index (κ3) is 2.08. The van der Waals surface area contributed by atoms with Crippen LogP contribution in [0.25, 0.3) is 0 Å². The van der Waals surface area contributed by atoms with Gasteiger partial charge in [0, 0.05) is 5.75 Å². The normalized spacial score (nSPS) is 27.6. The lowest BCUT2D eigenvalue weighted by Gasteiger charge is -2.47. The van der Waals surface area contributed by atoms with Crippen molar-refractivity contribution in [1.29, 1.82) is 0 Å². The molecule has 0 radical (unpaired) electrons. The molecule has 17 heavy (non-hydrogen) atoms. The second kappa shape index (κ2) is 5.12. The fraction of sp³-hybridized carbons (Fsp3) is 0.400. The van der Waals surface area contributed by atoms with E-state index in [4.69, 9.17) is 10.8 Å². The minimum Gasteiger partial charge on any atom is -0.477 e. The van der Waals surface area contributed by atoms with Crippen LogP contribution in [0.3, 0.4) is 0 Å². The predicted molar refractivity (Wildman–Crippen MR) is 67.8 cm³/mol. The molecule has 0 aromatic rings. The molecule has 1 saturated heterocycles. The van der Waals surface area contributed by atoms with Gasteiger partial charge in [0.15, 0.2) is 0 Å². The third-order valence-corrected chi connectivity index (χ3v) is 3.93. The van der Waals surface area contributed by atoms with Gasteiger partial charge in [-0.05, 0) is 12.5 Å². The molecule has 2 rings (SSSR count). The van der Waals surface area contributed by atoms with Gasteiger partial charge in [-0.15, -0.1) is 24.2 Å². The number of β-lactam (4-membered cyclic amide) rings is 1. The van der Waals surface area contributed by atoms with Crippen molar-refractivity contribution in [2.45, 2.75) is 18.3 Å². The average molecular weight is 277 g/mol. The van der Waals surface area contributed by atoms with E-state index in [0.717, 1.165) is 0 Å². The van der Waals surface area contributed by atoms with E-state index in [1.54, 1.807) is 12.2 Å². The number of aliphatic carboxylic acids is 1. The van der Waals surface area contributed by atoms with E-state index in [1.807, 2.05) is 6.92 Å². The molecule has 0 aromatic carbocycles. The lowest BCUT2D eigenvalue weighted by atomic mass is 10.0. The van der Waals surface area contributed by atoms with E-state index in [9.17, 15) is 9.59 Å². The number of allylic oxidation sites excluding steroid dienone is 2. The van der Waals surface area contributed by atoms with Gasteiger partial charge in [0.1, 0.15) is 17.1 Å². The van der Waals surface area contributed by atoms with Gasteiger partial charge in [-0.25, -0.2) is 4.79 Å². The van der Waals surface area contributed by atoms with Crippen LogP contribution in [0.4, 0.5) is 0 Å². The summed E-state index contributed by atoms with van der Waals surface area (Å²) in [6.45, 7) is 1.81. The average Bonchev–Trinajstić information content (AvgIpc) is 2.27. The monoisotopic (exact) mass is 276 g/mol. The van der Waals surface area contributed by atoms with Gasteiger partial charge in [-0.2, -0.15) is 0 Å². The number of thioether (sulfide) groups is 1. The summed E-state index contributed by atoms with van der Waals surface area (Å²) in [5.41, 5.74) is 6.35. The van der Waals surface area contributed by atoms with Crippen molar-refractivity contribution in [3.05, 3.63) is 23.4 Å². The molecule has 1 unspecified atom stereocenters. The molecule has 1 amide bonds. The van der Waals surface area contributed by atoms with Gasteiger partial charge in [0.05, 0.1) is 0 Å². The van der Waals surface area contributed by atoms with Crippen molar-refractivity contribution in [3.8, 4) is 0 Å². The summed E-state index contributed by atoms with van der Waals surface area (Å²) < 4.78 is 0. The molecule has 3 N–H and O–H groups in total. The smallest absolute Gasteiger partial charge is 0.352 e. The number of rotatable bonds is 2. The number of nitrogens with two attached hydrogens (primary N) is 1. The molecule has 0 spiro atoms. The number of carbonyl (C=O) groups excluding carboxylic acids is 1. The molecule has 94 valence electrons. The third-order valence-electron chi connectivity index (χ3n) is 2.61. The van der Waals surface area contributed by atoms with Gasteiger partial charge in [0.2, 0.25) is 5.91 Å². The molecule has 2 aliphatic heterocycles. The van der Waals surface area contributed by atoms with Crippen molar-refractivity contribution in [2.75, 3.05) is 5.75 Å². The molecule has 1 fully saturated rings. The number of hydrogen-bond donors (Lipinski definition) is 2. The zero-order valence-electron chi connectivity index (χ0n) is 9.12. The number of carboxylic acid groups (broad SMARTS) is 1. The predicted octanol–water partition coefficient (Wildman–Crippen LogP) is 0.565. The Morgan fingerprint density at radius 1 is 1.65 bits per heavy atom. The zero-order valence-corrected chi connectivity index (χ0v) is 10.8. The molecule has 0 aromatic heterocycles. The Balaban J connectivity index is 0.00000144. The Labute approximate surface area is 109 Å². The van der Waals surface area contributed by atoms with Crippen LogP contribution in [-0.2, 0) is 9.59 Å². The lowest BCUT2D eigenvalue weighted by molar-refractivity contribution is -0.147. The van der Waals surface area contributed by atoms with Crippen molar-refractivity contribution in [1.82, 2.24) is 4.90 Å². The van der Waals surface area contributed by atoms with Gasteiger partial charge >= 0.3 is 5.97 Å². The molecule has 0 saturated carbocycles. The minimum atomic E-state index is -1.07. The topological polar surface area (TPSA) is 83.6 Å². The largest absolute Gasteiger partial charge is 0.477 e. The van der Waals surface area contributed by atoms with E-state index < -0.39 is 12.0 Å². The molecule has 5 nitrogen and oxygen atoms in total. The van der Waals surface area contributed by atoms with Crippen LogP contribution >= 0.6 is 24.2 Å². The number of carbonyl (C=O) groups is 2. The number of amides is 1. The van der Waals surface area contributed by atoms with E-state index >= 15 is 0 Å². The van der Waals surface area contributed by atoms with Crippen LogP contribution in [0.5, 0.6) is 0 Å². The number of nitrogens with zero attached hydrogens (tertiary/aromatic N) is 1. The first-order valence-electron chi connectivity index (χ1n) is 4.87. The number of halogens is 1. The molecular weight excluding hydrogens is 264 g/mol. The second-order valence-electron chi connectivity index (χ2n) is 3.61. The van der Waals surface area contributed by atoms with E-state index in [1.165, 1.54) is 16.7 Å². The van der Waals surface area contributed by atoms with E-state index in [2.05, 4.69) is 0 Å². The first kappa shape index (κ1) is 14.1. The fourth-order valence-electron chi connectivity index (χ4n) is 1.87. The quantitative estimate of drug-likeness (QED) is 0.720. The minimum absolute atomic E-state index is 0. The van der Waals surface area contributed by atoms with Gasteiger partial charge in [-0.1, -0.05) is 12.2 Å². The lowest BCUT2D eigenvalue weighted by Crippen LogP contribution is -2.68. The van der Waals surface area contributed by atoms with Crippen LogP contribution in [0.1, 0.15) is 6.92 Å². The Bertz CT molecular complexity index is 422. The molecule has 2 atom stereocenters. The SMILES string of the molecule is C/C=C\C1=C(C(=O)O)N2C(=O)C(N)[C@H]2SC1.Cl. The molecule has 2 aliphatic rings. The van der Waals surface area contributed by atoms with Crippen molar-refractivity contribution >= 4 is 36.0 Å². The highest BCUT2D eigenvalue weighted by Gasteiger charge is 2.51. The number of hydrogen-bond acceptors (Lipinski definition) is 4. The zero-order chi connectivity index (χ0) is 11.9. The standard InChI is InChI=1S/C10H12N2O3S.ClH/c1-2-3-5-4-16-9-6(11)8(13)12(9)7(5)10(14)15;/h2-3,6,9H,4,11H2,1H3,(H,14,15);1H/b3-2-;/t6?,9-;/m1./s1. The first-order chi connectivity index (χ1) is 7.57. The van der Waals surface area contributed by atoms with Crippen molar-refractivity contribution in [2.24, 2.45) is 5.73 Å².